The van der Waals surface area contributed by atoms with E-state index in [9.17, 15) is 4.79 Å². The summed E-state index contributed by atoms with van der Waals surface area (Å²) in [7, 11) is 0. The van der Waals surface area contributed by atoms with Crippen LogP contribution in [-0.4, -0.2) is 30.3 Å². The number of esters is 1. The summed E-state index contributed by atoms with van der Waals surface area (Å²) < 4.78 is 16.8. The number of aryl methyl sites for hydroxylation is 2. The Labute approximate surface area is 188 Å². The Morgan fingerprint density at radius 1 is 1.06 bits per heavy atom. The molecule has 0 amide bonds. The van der Waals surface area contributed by atoms with Gasteiger partial charge in [0.25, 0.3) is 0 Å². The number of ether oxygens (including phenoxy) is 3. The van der Waals surface area contributed by atoms with Gasteiger partial charge in [-0.15, -0.1) is 11.3 Å². The van der Waals surface area contributed by atoms with Crippen molar-refractivity contribution in [3.05, 3.63) is 70.2 Å². The molecule has 0 saturated heterocycles. The molecule has 1 aromatic heterocycles. The van der Waals surface area contributed by atoms with Gasteiger partial charge in [0.1, 0.15) is 17.4 Å². The lowest BCUT2D eigenvalue weighted by molar-refractivity contribution is -0.156. The molecule has 3 rings (SSSR count). The number of carbonyl (C=O) groups excluding carboxylic acids is 1. The summed E-state index contributed by atoms with van der Waals surface area (Å²) in [5, 5.41) is 1.00. The van der Waals surface area contributed by atoms with Crippen molar-refractivity contribution < 1.29 is 19.0 Å². The lowest BCUT2D eigenvalue weighted by Crippen LogP contribution is -2.29. The summed E-state index contributed by atoms with van der Waals surface area (Å²) >= 11 is 1.66. The lowest BCUT2D eigenvalue weighted by atomic mass is 10.0. The zero-order valence-electron chi connectivity index (χ0n) is 18.5. The predicted molar refractivity (Wildman–Crippen MR) is 124 cm³/mol. The molecule has 6 heteroatoms. The summed E-state index contributed by atoms with van der Waals surface area (Å²) in [6, 6.07) is 16.1. The first-order valence-electron chi connectivity index (χ1n) is 10.5. The van der Waals surface area contributed by atoms with Crippen molar-refractivity contribution in [2.45, 2.75) is 46.8 Å². The van der Waals surface area contributed by atoms with Crippen molar-refractivity contribution in [3.63, 3.8) is 0 Å². The molecule has 0 aliphatic heterocycles. The molecular formula is C25H29NO4S. The Bertz CT molecular complexity index is 1000. The van der Waals surface area contributed by atoms with E-state index in [1.807, 2.05) is 57.2 Å². The van der Waals surface area contributed by atoms with Crippen molar-refractivity contribution in [1.29, 1.82) is 0 Å². The minimum absolute atomic E-state index is 0.320. The van der Waals surface area contributed by atoms with Gasteiger partial charge in [-0.25, -0.2) is 9.78 Å². The van der Waals surface area contributed by atoms with Gasteiger partial charge in [-0.2, -0.15) is 0 Å². The van der Waals surface area contributed by atoms with Crippen LogP contribution in [0.5, 0.6) is 5.75 Å². The number of benzene rings is 2. The quantitative estimate of drug-likeness (QED) is 0.390. The Morgan fingerprint density at radius 2 is 1.84 bits per heavy atom. The number of thiazole rings is 1. The molecule has 1 unspecified atom stereocenters. The maximum Gasteiger partial charge on any atom is 0.335 e. The molecule has 2 aromatic carbocycles. The molecule has 3 aromatic rings. The van der Waals surface area contributed by atoms with Crippen LogP contribution < -0.4 is 4.74 Å². The highest BCUT2D eigenvalue weighted by molar-refractivity contribution is 7.15. The number of aromatic nitrogens is 1. The second kappa shape index (κ2) is 11.1. The van der Waals surface area contributed by atoms with E-state index in [1.165, 1.54) is 0 Å². The first-order chi connectivity index (χ1) is 15.0. The summed E-state index contributed by atoms with van der Waals surface area (Å²) in [5.41, 5.74) is 4.20. The topological polar surface area (TPSA) is 57.7 Å². The van der Waals surface area contributed by atoms with Gasteiger partial charge in [-0.05, 0) is 51.0 Å². The second-order valence-corrected chi connectivity index (χ2v) is 8.25. The third-order valence-corrected chi connectivity index (χ3v) is 6.10. The Hall–Kier alpha value is -2.70. The van der Waals surface area contributed by atoms with Crippen LogP contribution in [0.1, 0.15) is 35.5 Å². The van der Waals surface area contributed by atoms with Gasteiger partial charge >= 0.3 is 5.97 Å². The van der Waals surface area contributed by atoms with Crippen LogP contribution in [0.25, 0.3) is 10.6 Å². The highest BCUT2D eigenvalue weighted by atomic mass is 32.1. The van der Waals surface area contributed by atoms with Gasteiger partial charge < -0.3 is 14.2 Å². The molecular weight excluding hydrogens is 410 g/mol. The molecule has 0 saturated carbocycles. The fourth-order valence-corrected chi connectivity index (χ4v) is 4.23. The normalized spacial score (nSPS) is 11.9. The molecule has 164 valence electrons. The van der Waals surface area contributed by atoms with E-state index in [2.05, 4.69) is 17.1 Å². The summed E-state index contributed by atoms with van der Waals surface area (Å²) in [6.45, 7) is 8.98. The van der Waals surface area contributed by atoms with E-state index in [0.717, 1.165) is 38.0 Å². The number of hydrogen-bond acceptors (Lipinski definition) is 6. The first-order valence-corrected chi connectivity index (χ1v) is 11.4. The third kappa shape index (κ3) is 6.15. The molecule has 0 aliphatic carbocycles. The zero-order valence-corrected chi connectivity index (χ0v) is 19.3. The zero-order chi connectivity index (χ0) is 22.2. The van der Waals surface area contributed by atoms with Crippen molar-refractivity contribution in [2.24, 2.45) is 0 Å². The fraction of sp³-hybridized carbons (Fsp3) is 0.360. The standard InChI is InChI=1S/C25H29NO4S/c1-5-28-22(25(27)29-6-2)15-20-12-13-21(14-17(20)3)30-16-23-18(4)26-24(31-23)19-10-8-7-9-11-19/h7-14,22H,5-6,15-16H2,1-4H3. The second-order valence-electron chi connectivity index (χ2n) is 7.17. The molecule has 0 spiro atoms. The van der Waals surface area contributed by atoms with Gasteiger partial charge in [0.2, 0.25) is 0 Å². The van der Waals surface area contributed by atoms with E-state index in [1.54, 1.807) is 18.3 Å². The maximum atomic E-state index is 12.1. The summed E-state index contributed by atoms with van der Waals surface area (Å²) in [5.74, 6) is 0.471. The monoisotopic (exact) mass is 439 g/mol. The number of carbonyl (C=O) groups is 1. The molecule has 0 bridgehead atoms. The number of rotatable bonds is 10. The summed E-state index contributed by atoms with van der Waals surface area (Å²) in [6.07, 6.45) is -0.112. The van der Waals surface area contributed by atoms with Gasteiger partial charge in [-0.3, -0.25) is 0 Å². The van der Waals surface area contributed by atoms with Gasteiger partial charge in [0, 0.05) is 18.6 Å². The molecule has 5 nitrogen and oxygen atoms in total. The number of nitrogens with zero attached hydrogens (tertiary/aromatic N) is 1. The van der Waals surface area contributed by atoms with Crippen LogP contribution in [0.4, 0.5) is 0 Å². The molecule has 0 N–H and O–H groups in total. The van der Waals surface area contributed by atoms with Crippen molar-refractivity contribution in [3.8, 4) is 16.3 Å². The third-order valence-electron chi connectivity index (χ3n) is 4.92. The predicted octanol–water partition coefficient (Wildman–Crippen LogP) is 5.52. The highest BCUT2D eigenvalue weighted by Gasteiger charge is 2.21. The van der Waals surface area contributed by atoms with Crippen molar-refractivity contribution >= 4 is 17.3 Å². The van der Waals surface area contributed by atoms with E-state index >= 15 is 0 Å². The molecule has 0 radical (unpaired) electrons. The smallest absolute Gasteiger partial charge is 0.335 e. The average Bonchev–Trinajstić information content (AvgIpc) is 3.15. The largest absolute Gasteiger partial charge is 0.488 e. The molecule has 31 heavy (non-hydrogen) atoms. The molecule has 0 fully saturated rings. The SMILES string of the molecule is CCOC(=O)C(Cc1ccc(OCc2sc(-c3ccccc3)nc2C)cc1C)OCC. The van der Waals surface area contributed by atoms with Gasteiger partial charge in [0.05, 0.1) is 17.2 Å². The van der Waals surface area contributed by atoms with Crippen LogP contribution in [0.2, 0.25) is 0 Å². The fourth-order valence-electron chi connectivity index (χ4n) is 3.25. The van der Waals surface area contributed by atoms with Crippen molar-refractivity contribution in [2.75, 3.05) is 13.2 Å². The average molecular weight is 440 g/mol. The summed E-state index contributed by atoms with van der Waals surface area (Å²) in [4.78, 5) is 17.9. The minimum Gasteiger partial charge on any atom is -0.488 e. The van der Waals surface area contributed by atoms with Crippen LogP contribution in [-0.2, 0) is 27.3 Å². The van der Waals surface area contributed by atoms with Gasteiger partial charge in [0.15, 0.2) is 6.10 Å². The Kier molecular flexibility index (Phi) is 8.20. The van der Waals surface area contributed by atoms with E-state index < -0.39 is 6.10 Å². The first kappa shape index (κ1) is 23.0. The maximum absolute atomic E-state index is 12.1. The van der Waals surface area contributed by atoms with Crippen LogP contribution in [0.3, 0.4) is 0 Å². The van der Waals surface area contributed by atoms with Crippen LogP contribution >= 0.6 is 11.3 Å². The minimum atomic E-state index is -0.591. The van der Waals surface area contributed by atoms with Crippen LogP contribution in [0.15, 0.2) is 48.5 Å². The van der Waals surface area contributed by atoms with E-state index in [-0.39, 0.29) is 5.97 Å². The van der Waals surface area contributed by atoms with Gasteiger partial charge in [-0.1, -0.05) is 36.4 Å². The van der Waals surface area contributed by atoms with Crippen molar-refractivity contribution in [1.82, 2.24) is 4.98 Å². The Morgan fingerprint density at radius 3 is 2.52 bits per heavy atom. The molecule has 1 atom stereocenters. The molecule has 1 heterocycles. The number of hydrogen-bond donors (Lipinski definition) is 0. The highest BCUT2D eigenvalue weighted by Crippen LogP contribution is 2.29. The Balaban J connectivity index is 1.65. The van der Waals surface area contributed by atoms with E-state index in [4.69, 9.17) is 14.2 Å². The lowest BCUT2D eigenvalue weighted by Gasteiger charge is -2.17. The molecule has 0 aliphatic rings. The van der Waals surface area contributed by atoms with E-state index in [0.29, 0.717) is 26.2 Å². The van der Waals surface area contributed by atoms with Crippen LogP contribution in [0, 0.1) is 13.8 Å².